The molecule has 1 N–H and O–H groups in total. The first kappa shape index (κ1) is 18.4. The van der Waals surface area contributed by atoms with Crippen molar-refractivity contribution in [2.24, 2.45) is 0 Å². The number of benzene rings is 2. The molecule has 2 aromatic carbocycles. The van der Waals surface area contributed by atoms with Crippen molar-refractivity contribution in [3.8, 4) is 0 Å². The lowest BCUT2D eigenvalue weighted by Crippen LogP contribution is -2.43. The van der Waals surface area contributed by atoms with E-state index in [1.807, 2.05) is 6.92 Å². The molecule has 0 radical (unpaired) electrons. The highest BCUT2D eigenvalue weighted by Crippen LogP contribution is 2.20. The van der Waals surface area contributed by atoms with E-state index in [9.17, 15) is 18.3 Å². The van der Waals surface area contributed by atoms with E-state index in [1.165, 1.54) is 19.2 Å². The van der Waals surface area contributed by atoms with E-state index in [1.54, 1.807) is 36.4 Å². The summed E-state index contributed by atoms with van der Waals surface area (Å²) in [4.78, 5) is 11.7. The first-order valence-electron chi connectivity index (χ1n) is 7.24. The van der Waals surface area contributed by atoms with Gasteiger partial charge in [0.1, 0.15) is 6.04 Å². The highest BCUT2D eigenvalue weighted by atomic mass is 35.5. The first-order valence-corrected chi connectivity index (χ1v) is 9.05. The molecule has 0 bridgehead atoms. The quantitative estimate of drug-likeness (QED) is 0.851. The molecular formula is C17H18ClNO4S. The summed E-state index contributed by atoms with van der Waals surface area (Å²) >= 11 is 5.91. The Morgan fingerprint density at radius 1 is 1.21 bits per heavy atom. The number of carboxylic acids is 1. The molecule has 0 saturated heterocycles. The molecule has 24 heavy (non-hydrogen) atoms. The van der Waals surface area contributed by atoms with Crippen LogP contribution in [0.25, 0.3) is 0 Å². The standard InChI is InChI=1S/C17H18ClNO4S/c1-12-6-8-15(9-7-12)24(22,23)19(2)16(17(20)21)11-13-4-3-5-14(18)10-13/h3-10,16H,11H2,1-2H3,(H,20,21). The fourth-order valence-corrected chi connectivity index (χ4v) is 3.83. The molecular weight excluding hydrogens is 350 g/mol. The number of halogens is 1. The number of hydrogen-bond acceptors (Lipinski definition) is 3. The van der Waals surface area contributed by atoms with Gasteiger partial charge in [0.2, 0.25) is 10.0 Å². The maximum Gasteiger partial charge on any atom is 0.322 e. The van der Waals surface area contributed by atoms with Crippen molar-refractivity contribution in [1.82, 2.24) is 4.31 Å². The molecule has 1 atom stereocenters. The molecule has 2 aromatic rings. The van der Waals surface area contributed by atoms with Crippen LogP contribution in [-0.4, -0.2) is 36.9 Å². The highest BCUT2D eigenvalue weighted by Gasteiger charge is 2.32. The number of aliphatic carboxylic acids is 1. The second-order valence-corrected chi connectivity index (χ2v) is 7.96. The van der Waals surface area contributed by atoms with Crippen molar-refractivity contribution in [3.63, 3.8) is 0 Å². The summed E-state index contributed by atoms with van der Waals surface area (Å²) in [5.41, 5.74) is 1.58. The number of carbonyl (C=O) groups is 1. The van der Waals surface area contributed by atoms with Gasteiger partial charge in [-0.25, -0.2) is 8.42 Å². The molecule has 0 aromatic heterocycles. The predicted molar refractivity (Wildman–Crippen MR) is 92.7 cm³/mol. The Hall–Kier alpha value is -1.89. The van der Waals surface area contributed by atoms with Crippen molar-refractivity contribution in [2.75, 3.05) is 7.05 Å². The van der Waals surface area contributed by atoms with Gasteiger partial charge in [0.05, 0.1) is 4.90 Å². The third kappa shape index (κ3) is 4.14. The number of aryl methyl sites for hydroxylation is 1. The summed E-state index contributed by atoms with van der Waals surface area (Å²) < 4.78 is 26.3. The molecule has 1 unspecified atom stereocenters. The van der Waals surface area contributed by atoms with Gasteiger partial charge in [0.25, 0.3) is 0 Å². The molecule has 7 heteroatoms. The van der Waals surface area contributed by atoms with Crippen LogP contribution >= 0.6 is 11.6 Å². The Labute approximate surface area is 146 Å². The van der Waals surface area contributed by atoms with Crippen molar-refractivity contribution in [2.45, 2.75) is 24.3 Å². The van der Waals surface area contributed by atoms with E-state index in [2.05, 4.69) is 0 Å². The minimum Gasteiger partial charge on any atom is -0.480 e. The van der Waals surface area contributed by atoms with Crippen LogP contribution in [0.15, 0.2) is 53.4 Å². The largest absolute Gasteiger partial charge is 0.480 e. The molecule has 0 fully saturated rings. The average Bonchev–Trinajstić information content (AvgIpc) is 2.52. The Kier molecular flexibility index (Phi) is 5.64. The van der Waals surface area contributed by atoms with Gasteiger partial charge in [0.15, 0.2) is 0 Å². The molecule has 0 aliphatic carbocycles. The first-order chi connectivity index (χ1) is 11.2. The third-order valence-corrected chi connectivity index (χ3v) is 5.86. The highest BCUT2D eigenvalue weighted by molar-refractivity contribution is 7.89. The Balaban J connectivity index is 2.33. The predicted octanol–water partition coefficient (Wildman–Crippen LogP) is 2.96. The van der Waals surface area contributed by atoms with Crippen molar-refractivity contribution in [3.05, 3.63) is 64.7 Å². The zero-order valence-electron chi connectivity index (χ0n) is 13.3. The van der Waals surface area contributed by atoms with E-state index in [4.69, 9.17) is 11.6 Å². The SMILES string of the molecule is Cc1ccc(S(=O)(=O)N(C)C(Cc2cccc(Cl)c2)C(=O)O)cc1. The molecule has 128 valence electrons. The van der Waals surface area contributed by atoms with E-state index in [0.717, 1.165) is 9.87 Å². The Morgan fingerprint density at radius 3 is 2.38 bits per heavy atom. The molecule has 5 nitrogen and oxygen atoms in total. The van der Waals surface area contributed by atoms with E-state index in [0.29, 0.717) is 10.6 Å². The van der Waals surface area contributed by atoms with Crippen LogP contribution < -0.4 is 0 Å². The fraction of sp³-hybridized carbons (Fsp3) is 0.235. The number of sulfonamides is 1. The van der Waals surface area contributed by atoms with Crippen LogP contribution in [0.3, 0.4) is 0 Å². The maximum absolute atomic E-state index is 12.7. The molecule has 0 heterocycles. The van der Waals surface area contributed by atoms with E-state index >= 15 is 0 Å². The topological polar surface area (TPSA) is 74.7 Å². The van der Waals surface area contributed by atoms with Crippen LogP contribution in [-0.2, 0) is 21.2 Å². The van der Waals surface area contributed by atoms with Crippen LogP contribution in [0, 0.1) is 6.92 Å². The molecule has 0 saturated carbocycles. The number of hydrogen-bond donors (Lipinski definition) is 1. The second kappa shape index (κ2) is 7.34. The van der Waals surface area contributed by atoms with Gasteiger partial charge in [-0.3, -0.25) is 4.79 Å². The van der Waals surface area contributed by atoms with Gasteiger partial charge >= 0.3 is 5.97 Å². The normalized spacial score (nSPS) is 13.0. The molecule has 2 rings (SSSR count). The monoisotopic (exact) mass is 367 g/mol. The lowest BCUT2D eigenvalue weighted by molar-refractivity contribution is -0.141. The molecule has 0 amide bonds. The van der Waals surface area contributed by atoms with Gasteiger partial charge in [-0.1, -0.05) is 41.4 Å². The van der Waals surface area contributed by atoms with Gasteiger partial charge in [0, 0.05) is 12.1 Å². The zero-order valence-corrected chi connectivity index (χ0v) is 14.9. The number of carboxylic acid groups (broad SMARTS) is 1. The summed E-state index contributed by atoms with van der Waals surface area (Å²) in [5.74, 6) is -1.21. The molecule has 0 aliphatic heterocycles. The number of nitrogens with zero attached hydrogens (tertiary/aromatic N) is 1. The summed E-state index contributed by atoms with van der Waals surface area (Å²) in [6, 6.07) is 11.8. The summed E-state index contributed by atoms with van der Waals surface area (Å²) in [6.45, 7) is 1.85. The van der Waals surface area contributed by atoms with Gasteiger partial charge in [-0.05, 0) is 43.2 Å². The Morgan fingerprint density at radius 2 is 1.83 bits per heavy atom. The van der Waals surface area contributed by atoms with E-state index < -0.39 is 22.0 Å². The smallest absolute Gasteiger partial charge is 0.322 e. The van der Waals surface area contributed by atoms with Crippen LogP contribution in [0.4, 0.5) is 0 Å². The summed E-state index contributed by atoms with van der Waals surface area (Å²) in [5, 5.41) is 9.96. The van der Waals surface area contributed by atoms with Gasteiger partial charge < -0.3 is 5.11 Å². The van der Waals surface area contributed by atoms with Crippen molar-refractivity contribution < 1.29 is 18.3 Å². The lowest BCUT2D eigenvalue weighted by atomic mass is 10.1. The Bertz CT molecular complexity index is 834. The van der Waals surface area contributed by atoms with Crippen molar-refractivity contribution in [1.29, 1.82) is 0 Å². The lowest BCUT2D eigenvalue weighted by Gasteiger charge is -2.24. The van der Waals surface area contributed by atoms with Crippen molar-refractivity contribution >= 4 is 27.6 Å². The number of likely N-dealkylation sites (N-methyl/N-ethyl adjacent to an activating group) is 1. The molecule has 0 spiro atoms. The van der Waals surface area contributed by atoms with Gasteiger partial charge in [-0.2, -0.15) is 4.31 Å². The van der Waals surface area contributed by atoms with Crippen LogP contribution in [0.2, 0.25) is 5.02 Å². The second-order valence-electron chi connectivity index (χ2n) is 5.52. The molecule has 0 aliphatic rings. The third-order valence-electron chi connectivity index (χ3n) is 3.74. The van der Waals surface area contributed by atoms with E-state index in [-0.39, 0.29) is 11.3 Å². The van der Waals surface area contributed by atoms with Gasteiger partial charge in [-0.15, -0.1) is 0 Å². The van der Waals surface area contributed by atoms with Crippen LogP contribution in [0.5, 0.6) is 0 Å². The number of rotatable bonds is 6. The average molecular weight is 368 g/mol. The summed E-state index contributed by atoms with van der Waals surface area (Å²) in [7, 11) is -2.63. The fourth-order valence-electron chi connectivity index (χ4n) is 2.30. The minimum absolute atomic E-state index is 0.0253. The minimum atomic E-state index is -3.91. The maximum atomic E-state index is 12.7. The van der Waals surface area contributed by atoms with Crippen LogP contribution in [0.1, 0.15) is 11.1 Å². The zero-order chi connectivity index (χ0) is 17.9. The summed E-state index contributed by atoms with van der Waals surface area (Å²) in [6.07, 6.45) is 0.0253.